The van der Waals surface area contributed by atoms with Crippen molar-refractivity contribution >= 4 is 46.8 Å². The Bertz CT molecular complexity index is 1180. The van der Waals surface area contributed by atoms with Crippen LogP contribution in [0.4, 0.5) is 21.4 Å². The van der Waals surface area contributed by atoms with Crippen molar-refractivity contribution in [2.45, 2.75) is 19.4 Å². The number of ether oxygens (including phenoxy) is 2. The summed E-state index contributed by atoms with van der Waals surface area (Å²) in [5, 5.41) is 15.4. The van der Waals surface area contributed by atoms with E-state index in [2.05, 4.69) is 24.6 Å². The number of fused-ring (bicyclic) bond motifs is 1. The number of anilines is 2. The Labute approximate surface area is 197 Å². The molecule has 34 heavy (non-hydrogen) atoms. The molecule has 1 aliphatic carbocycles. The third-order valence-corrected chi connectivity index (χ3v) is 5.37. The molecule has 0 spiro atoms. The van der Waals surface area contributed by atoms with E-state index in [0.29, 0.717) is 35.8 Å². The molecule has 3 aromatic rings. The fraction of sp³-hybridized carbons (Fsp3) is 0.421. The summed E-state index contributed by atoms with van der Waals surface area (Å²) >= 11 is 6.47. The van der Waals surface area contributed by atoms with Gasteiger partial charge in [-0.05, 0) is 30.4 Å². The zero-order valence-electron chi connectivity index (χ0n) is 17.8. The van der Waals surface area contributed by atoms with Gasteiger partial charge in [0.1, 0.15) is 0 Å². The van der Waals surface area contributed by atoms with Gasteiger partial charge < -0.3 is 30.3 Å². The van der Waals surface area contributed by atoms with Crippen LogP contribution in [0, 0.1) is 5.92 Å². The van der Waals surface area contributed by atoms with Crippen LogP contribution in [0.1, 0.15) is 12.8 Å². The maximum Gasteiger partial charge on any atom is 0.516 e. The maximum atomic E-state index is 9.21. The molecule has 1 saturated carbocycles. The van der Waals surface area contributed by atoms with Gasteiger partial charge in [-0.15, -0.1) is 0 Å². The topological polar surface area (TPSA) is 192 Å². The quantitative estimate of drug-likeness (QED) is 0.272. The maximum absolute atomic E-state index is 9.21. The van der Waals surface area contributed by atoms with Crippen LogP contribution in [-0.2, 0) is 16.0 Å². The second-order valence-electron chi connectivity index (χ2n) is 7.54. The molecule has 4 N–H and O–H groups in total. The van der Waals surface area contributed by atoms with E-state index >= 15 is 0 Å². The van der Waals surface area contributed by atoms with Gasteiger partial charge in [-0.2, -0.15) is 0 Å². The molecule has 15 heteroatoms. The van der Waals surface area contributed by atoms with Crippen LogP contribution in [0.15, 0.2) is 12.4 Å². The lowest BCUT2D eigenvalue weighted by atomic mass is 10.3. The number of nitrogens with two attached hydrogens (primary N) is 1. The molecular formula is C19H21ClN8O6. The number of morpholine rings is 1. The largest absolute Gasteiger partial charge is 0.516 e. The minimum absolute atomic E-state index is 0.218. The second-order valence-corrected chi connectivity index (χ2v) is 7.88. The van der Waals surface area contributed by atoms with Gasteiger partial charge in [-0.1, -0.05) is 0 Å². The summed E-state index contributed by atoms with van der Waals surface area (Å²) in [6.45, 7) is 3.63. The van der Waals surface area contributed by atoms with Gasteiger partial charge in [0.05, 0.1) is 18.8 Å². The second kappa shape index (κ2) is 10.0. The molecule has 1 aliphatic heterocycles. The van der Waals surface area contributed by atoms with Gasteiger partial charge in [0, 0.05) is 32.0 Å². The van der Waals surface area contributed by atoms with Crippen LogP contribution in [0.2, 0.25) is 5.28 Å². The molecule has 0 bridgehead atoms. The Hall–Kier alpha value is -3.78. The highest BCUT2D eigenvalue weighted by Gasteiger charge is 2.27. The first kappa shape index (κ1) is 23.4. The molecule has 0 amide bonds. The van der Waals surface area contributed by atoms with Crippen molar-refractivity contribution in [1.82, 2.24) is 29.5 Å². The van der Waals surface area contributed by atoms with Gasteiger partial charge in [-0.3, -0.25) is 4.57 Å². The Kier molecular flexibility index (Phi) is 6.88. The van der Waals surface area contributed by atoms with E-state index in [0.717, 1.165) is 36.6 Å². The molecule has 3 aromatic heterocycles. The summed E-state index contributed by atoms with van der Waals surface area (Å²) in [6.07, 6.45) is 2.08. The summed E-state index contributed by atoms with van der Waals surface area (Å²) in [4.78, 5) is 42.8. The zero-order valence-corrected chi connectivity index (χ0v) is 18.6. The predicted molar refractivity (Wildman–Crippen MR) is 119 cm³/mol. The van der Waals surface area contributed by atoms with Crippen molar-refractivity contribution in [3.05, 3.63) is 17.7 Å². The lowest BCUT2D eigenvalue weighted by molar-refractivity contribution is 0.0802. The van der Waals surface area contributed by atoms with Crippen LogP contribution in [-0.4, -0.2) is 78.3 Å². The predicted octanol–water partition coefficient (Wildman–Crippen LogP) is 2.12. The Balaban J connectivity index is 0.000000344. The average molecular weight is 493 g/mol. The van der Waals surface area contributed by atoms with Crippen molar-refractivity contribution in [3.63, 3.8) is 0 Å². The molecule has 5 rings (SSSR count). The first-order chi connectivity index (χ1) is 16.3. The monoisotopic (exact) mass is 492 g/mol. The van der Waals surface area contributed by atoms with E-state index in [-0.39, 0.29) is 5.95 Å². The molecule has 1 saturated heterocycles. The molecular weight excluding hydrogens is 472 g/mol. The Morgan fingerprint density at radius 1 is 1.12 bits per heavy atom. The molecule has 2 fully saturated rings. The Morgan fingerprint density at radius 3 is 2.32 bits per heavy atom. The minimum Gasteiger partial charge on any atom is -0.449 e. The molecule has 0 atom stereocenters. The van der Waals surface area contributed by atoms with Gasteiger partial charge in [0.25, 0.3) is 0 Å². The summed E-state index contributed by atoms with van der Waals surface area (Å²) in [6, 6.07) is 0. The van der Waals surface area contributed by atoms with Crippen molar-refractivity contribution in [2.75, 3.05) is 36.9 Å². The highest BCUT2D eigenvalue weighted by molar-refractivity contribution is 6.29. The number of nitrogen functional groups attached to an aromatic ring is 1. The van der Waals surface area contributed by atoms with Crippen LogP contribution in [0.5, 0.6) is 0 Å². The van der Waals surface area contributed by atoms with Gasteiger partial charge in [0.2, 0.25) is 11.2 Å². The minimum atomic E-state index is -1.81. The first-order valence-electron chi connectivity index (χ1n) is 10.3. The third kappa shape index (κ3) is 5.58. The number of nitrogens with zero attached hydrogens (tertiary/aromatic N) is 7. The van der Waals surface area contributed by atoms with Crippen molar-refractivity contribution in [3.8, 4) is 11.4 Å². The summed E-state index contributed by atoms with van der Waals surface area (Å²) in [5.74, 6) is 2.17. The lowest BCUT2D eigenvalue weighted by Crippen LogP contribution is -2.37. The number of hydrogen-bond acceptors (Lipinski definition) is 11. The number of hydrogen-bond donors (Lipinski definition) is 3. The van der Waals surface area contributed by atoms with E-state index in [1.165, 1.54) is 12.8 Å². The average Bonchev–Trinajstić information content (AvgIpc) is 3.57. The number of halogens is 1. The van der Waals surface area contributed by atoms with Crippen LogP contribution >= 0.6 is 11.6 Å². The Morgan fingerprint density at radius 2 is 1.76 bits per heavy atom. The van der Waals surface area contributed by atoms with Gasteiger partial charge >= 0.3 is 12.3 Å². The fourth-order valence-corrected chi connectivity index (χ4v) is 3.57. The fourth-order valence-electron chi connectivity index (χ4n) is 3.33. The van der Waals surface area contributed by atoms with E-state index in [1.807, 2.05) is 4.57 Å². The van der Waals surface area contributed by atoms with Crippen LogP contribution < -0.4 is 10.6 Å². The standard InChI is InChI=1S/C17H19ClN8O.C2H2O5/c18-16-22-12-14(25-3-5-27-6-4-25)23-13(11-7-20-17(19)21-8-11)24-15(12)26(16)9-10-1-2-10;3-1(4)7-2(5)6/h7-8,10H,1-6,9H2,(H2,19,20,21);(H,3,4)(H,5,6). The summed E-state index contributed by atoms with van der Waals surface area (Å²) in [7, 11) is 0. The molecule has 0 aromatic carbocycles. The number of carboxylic acid groups (broad SMARTS) is 2. The van der Waals surface area contributed by atoms with E-state index in [9.17, 15) is 9.59 Å². The summed E-state index contributed by atoms with van der Waals surface area (Å²) in [5.41, 5.74) is 7.79. The van der Waals surface area contributed by atoms with Crippen molar-refractivity contribution in [1.29, 1.82) is 0 Å². The zero-order chi connectivity index (χ0) is 24.2. The SMILES string of the molecule is Nc1ncc(-c2nc(N3CCOCC3)c3nc(Cl)n(CC4CC4)c3n2)cn1.O=C(O)OC(=O)O. The summed E-state index contributed by atoms with van der Waals surface area (Å²) < 4.78 is 10.6. The van der Waals surface area contributed by atoms with Crippen LogP contribution in [0.25, 0.3) is 22.6 Å². The van der Waals surface area contributed by atoms with Crippen molar-refractivity contribution in [2.24, 2.45) is 5.92 Å². The molecule has 180 valence electrons. The lowest BCUT2D eigenvalue weighted by Gasteiger charge is -2.28. The molecule has 2 aliphatic rings. The molecule has 14 nitrogen and oxygen atoms in total. The number of aromatic nitrogens is 6. The normalized spacial score (nSPS) is 15.5. The van der Waals surface area contributed by atoms with E-state index < -0.39 is 12.3 Å². The van der Waals surface area contributed by atoms with Gasteiger partial charge in [0.15, 0.2) is 22.8 Å². The number of imidazole rings is 1. The van der Waals surface area contributed by atoms with Gasteiger partial charge in [-0.25, -0.2) is 34.5 Å². The molecule has 4 heterocycles. The number of rotatable bonds is 4. The highest BCUT2D eigenvalue weighted by Crippen LogP contribution is 2.35. The first-order valence-corrected chi connectivity index (χ1v) is 10.7. The van der Waals surface area contributed by atoms with E-state index in [4.69, 9.17) is 42.3 Å². The van der Waals surface area contributed by atoms with Crippen molar-refractivity contribution < 1.29 is 29.3 Å². The molecule has 0 unspecified atom stereocenters. The highest BCUT2D eigenvalue weighted by atomic mass is 35.5. The van der Waals surface area contributed by atoms with E-state index in [1.54, 1.807) is 12.4 Å². The molecule has 0 radical (unpaired) electrons. The van der Waals surface area contributed by atoms with Crippen LogP contribution in [0.3, 0.4) is 0 Å². The number of carbonyl (C=O) groups is 2. The third-order valence-electron chi connectivity index (χ3n) is 5.08. The smallest absolute Gasteiger partial charge is 0.449 e.